The van der Waals surface area contributed by atoms with Gasteiger partial charge >= 0.3 is 0 Å². The Bertz CT molecular complexity index is 497. The number of hydrogen-bond acceptors (Lipinski definition) is 3. The van der Waals surface area contributed by atoms with E-state index in [9.17, 15) is 0 Å². The highest BCUT2D eigenvalue weighted by atomic mass is 32.2. The van der Waals surface area contributed by atoms with Gasteiger partial charge in [-0.25, -0.2) is 0 Å². The lowest BCUT2D eigenvalue weighted by molar-refractivity contribution is 0.550. The minimum atomic E-state index is 0.681. The molecule has 0 saturated heterocycles. The highest BCUT2D eigenvalue weighted by Crippen LogP contribution is 2.29. The van der Waals surface area contributed by atoms with Crippen LogP contribution >= 0.6 is 11.8 Å². The number of aromatic nitrogens is 1. The highest BCUT2D eigenvalue weighted by molar-refractivity contribution is 7.99. The summed E-state index contributed by atoms with van der Waals surface area (Å²) in [5.74, 6) is 0.681. The van der Waals surface area contributed by atoms with Gasteiger partial charge in [-0.05, 0) is 36.2 Å². The molecule has 0 unspecified atom stereocenters. The molecular weight excluding hydrogens is 252 g/mol. The van der Waals surface area contributed by atoms with E-state index in [4.69, 9.17) is 0 Å². The molecule has 0 aliphatic rings. The first-order valence-electron chi connectivity index (χ1n) is 6.62. The van der Waals surface area contributed by atoms with Crippen LogP contribution in [0.3, 0.4) is 0 Å². The van der Waals surface area contributed by atoms with E-state index >= 15 is 0 Å². The average Bonchev–Trinajstić information content (AvgIpc) is 2.41. The molecule has 0 aliphatic carbocycles. The summed E-state index contributed by atoms with van der Waals surface area (Å²) < 4.78 is 0. The molecule has 2 aromatic rings. The van der Waals surface area contributed by atoms with Gasteiger partial charge in [-0.1, -0.05) is 43.8 Å². The van der Waals surface area contributed by atoms with Gasteiger partial charge in [0, 0.05) is 28.7 Å². The fourth-order valence-corrected chi connectivity index (χ4v) is 2.71. The van der Waals surface area contributed by atoms with Crippen LogP contribution in [0.1, 0.15) is 19.4 Å². The molecule has 1 heterocycles. The van der Waals surface area contributed by atoms with Crippen molar-refractivity contribution < 1.29 is 0 Å². The fraction of sp³-hybridized carbons (Fsp3) is 0.312. The molecule has 2 rings (SSSR count). The van der Waals surface area contributed by atoms with E-state index in [1.165, 1.54) is 15.4 Å². The van der Waals surface area contributed by atoms with Crippen molar-refractivity contribution in [1.82, 2.24) is 10.3 Å². The minimum Gasteiger partial charge on any atom is -0.312 e. The number of rotatable bonds is 6. The third-order valence-electron chi connectivity index (χ3n) is 2.72. The Morgan fingerprint density at radius 2 is 1.84 bits per heavy atom. The quantitative estimate of drug-likeness (QED) is 0.861. The first-order chi connectivity index (χ1) is 9.25. The van der Waals surface area contributed by atoms with Crippen molar-refractivity contribution >= 4 is 11.8 Å². The maximum absolute atomic E-state index is 4.05. The summed E-state index contributed by atoms with van der Waals surface area (Å²) in [6.07, 6.45) is 3.67. The molecule has 1 aromatic carbocycles. The van der Waals surface area contributed by atoms with Crippen LogP contribution in [0.15, 0.2) is 58.6 Å². The molecular formula is C16H20N2S. The molecule has 0 aliphatic heterocycles. The van der Waals surface area contributed by atoms with Crippen LogP contribution in [-0.2, 0) is 6.54 Å². The third kappa shape index (κ3) is 4.69. The van der Waals surface area contributed by atoms with Crippen molar-refractivity contribution in [3.8, 4) is 0 Å². The Kier molecular flexibility index (Phi) is 5.43. The van der Waals surface area contributed by atoms with Crippen LogP contribution in [0, 0.1) is 5.92 Å². The van der Waals surface area contributed by atoms with Crippen LogP contribution in [0.4, 0.5) is 0 Å². The molecule has 3 heteroatoms. The second-order valence-electron chi connectivity index (χ2n) is 4.92. The van der Waals surface area contributed by atoms with Gasteiger partial charge in [0.05, 0.1) is 0 Å². The van der Waals surface area contributed by atoms with Crippen molar-refractivity contribution in [2.75, 3.05) is 6.54 Å². The van der Waals surface area contributed by atoms with Gasteiger partial charge in [0.1, 0.15) is 0 Å². The summed E-state index contributed by atoms with van der Waals surface area (Å²) in [5, 5.41) is 3.50. The molecule has 1 aromatic heterocycles. The van der Waals surface area contributed by atoms with E-state index in [2.05, 4.69) is 48.4 Å². The smallest absolute Gasteiger partial charge is 0.0279 e. The predicted octanol–water partition coefficient (Wildman–Crippen LogP) is 3.98. The number of hydrogen-bond donors (Lipinski definition) is 1. The van der Waals surface area contributed by atoms with Gasteiger partial charge in [0.25, 0.3) is 0 Å². The van der Waals surface area contributed by atoms with E-state index < -0.39 is 0 Å². The maximum Gasteiger partial charge on any atom is 0.0279 e. The Morgan fingerprint density at radius 3 is 2.58 bits per heavy atom. The molecule has 0 radical (unpaired) electrons. The van der Waals surface area contributed by atoms with Crippen LogP contribution in [0.2, 0.25) is 0 Å². The number of benzene rings is 1. The Balaban J connectivity index is 2.04. The number of nitrogens with zero attached hydrogens (tertiary/aromatic N) is 1. The van der Waals surface area contributed by atoms with Crippen LogP contribution in [-0.4, -0.2) is 11.5 Å². The van der Waals surface area contributed by atoms with Crippen LogP contribution in [0.5, 0.6) is 0 Å². The first kappa shape index (κ1) is 14.1. The fourth-order valence-electron chi connectivity index (χ4n) is 1.78. The molecule has 0 amide bonds. The first-order valence-corrected chi connectivity index (χ1v) is 7.44. The lowest BCUT2D eigenvalue weighted by atomic mass is 10.2. The number of nitrogens with one attached hydrogen (secondary N) is 1. The maximum atomic E-state index is 4.05. The lowest BCUT2D eigenvalue weighted by Gasteiger charge is -2.11. The summed E-state index contributed by atoms with van der Waals surface area (Å²) in [6.45, 7) is 6.43. The lowest BCUT2D eigenvalue weighted by Crippen LogP contribution is -2.19. The van der Waals surface area contributed by atoms with E-state index in [0.717, 1.165) is 13.1 Å². The summed E-state index contributed by atoms with van der Waals surface area (Å²) >= 11 is 1.79. The molecule has 1 N–H and O–H groups in total. The van der Waals surface area contributed by atoms with E-state index in [1.807, 2.05) is 24.5 Å². The van der Waals surface area contributed by atoms with Crippen LogP contribution in [0.25, 0.3) is 0 Å². The van der Waals surface area contributed by atoms with E-state index in [-0.39, 0.29) is 0 Å². The van der Waals surface area contributed by atoms with Crippen LogP contribution < -0.4 is 5.32 Å². The summed E-state index contributed by atoms with van der Waals surface area (Å²) in [6, 6.07) is 12.7. The van der Waals surface area contributed by atoms with Gasteiger partial charge in [-0.2, -0.15) is 0 Å². The van der Waals surface area contributed by atoms with Gasteiger partial charge in [-0.15, -0.1) is 0 Å². The zero-order chi connectivity index (χ0) is 13.5. The molecule has 0 spiro atoms. The molecule has 2 nitrogen and oxygen atoms in total. The van der Waals surface area contributed by atoms with E-state index in [0.29, 0.717) is 5.92 Å². The summed E-state index contributed by atoms with van der Waals surface area (Å²) in [7, 11) is 0. The molecule has 0 fully saturated rings. The summed E-state index contributed by atoms with van der Waals surface area (Å²) in [4.78, 5) is 6.59. The topological polar surface area (TPSA) is 24.9 Å². The molecule has 0 saturated carbocycles. The Morgan fingerprint density at radius 1 is 1.11 bits per heavy atom. The van der Waals surface area contributed by atoms with Crippen molar-refractivity contribution in [3.63, 3.8) is 0 Å². The largest absolute Gasteiger partial charge is 0.312 e. The van der Waals surface area contributed by atoms with Crippen molar-refractivity contribution in [2.45, 2.75) is 30.2 Å². The standard InChI is InChI=1S/C16H20N2S/c1-13(2)11-18-12-14-5-3-4-6-16(14)19-15-7-9-17-10-8-15/h3-10,13,18H,11-12H2,1-2H3. The monoisotopic (exact) mass is 272 g/mol. The highest BCUT2D eigenvalue weighted by Gasteiger charge is 2.04. The zero-order valence-electron chi connectivity index (χ0n) is 11.5. The van der Waals surface area contributed by atoms with Crippen molar-refractivity contribution in [3.05, 3.63) is 54.4 Å². The van der Waals surface area contributed by atoms with Gasteiger partial charge in [0.2, 0.25) is 0 Å². The third-order valence-corrected chi connectivity index (χ3v) is 3.84. The predicted molar refractivity (Wildman–Crippen MR) is 81.3 cm³/mol. The molecule has 0 atom stereocenters. The van der Waals surface area contributed by atoms with Crippen molar-refractivity contribution in [2.24, 2.45) is 5.92 Å². The SMILES string of the molecule is CC(C)CNCc1ccccc1Sc1ccncc1. The molecule has 100 valence electrons. The normalized spacial score (nSPS) is 10.9. The summed E-state index contributed by atoms with van der Waals surface area (Å²) in [5.41, 5.74) is 1.35. The van der Waals surface area contributed by atoms with E-state index in [1.54, 1.807) is 11.8 Å². The second-order valence-corrected chi connectivity index (χ2v) is 6.03. The Hall–Kier alpha value is -1.32. The Labute approximate surface area is 119 Å². The minimum absolute atomic E-state index is 0.681. The zero-order valence-corrected chi connectivity index (χ0v) is 12.3. The molecule has 19 heavy (non-hydrogen) atoms. The second kappa shape index (κ2) is 7.31. The molecule has 0 bridgehead atoms. The van der Waals surface area contributed by atoms with Crippen molar-refractivity contribution in [1.29, 1.82) is 0 Å². The number of pyridine rings is 1. The van der Waals surface area contributed by atoms with Gasteiger partial charge < -0.3 is 5.32 Å². The van der Waals surface area contributed by atoms with Gasteiger partial charge in [0.15, 0.2) is 0 Å². The average molecular weight is 272 g/mol. The van der Waals surface area contributed by atoms with Gasteiger partial charge in [-0.3, -0.25) is 4.98 Å².